The first-order chi connectivity index (χ1) is 29.5. The van der Waals surface area contributed by atoms with Gasteiger partial charge < -0.3 is 40.9 Å². The number of allylic oxidation sites excluding steroid dienone is 1. The molecule has 7 heterocycles. The number of carbonyl (C=O) groups excluding carboxylic acids is 5. The van der Waals surface area contributed by atoms with Gasteiger partial charge in [0.05, 0.1) is 23.4 Å². The second-order valence-corrected chi connectivity index (χ2v) is 17.2. The van der Waals surface area contributed by atoms with Crippen LogP contribution in [0, 0.1) is 5.92 Å². The van der Waals surface area contributed by atoms with Crippen LogP contribution in [0.3, 0.4) is 0 Å². The smallest absolute Gasteiger partial charge is 0.320 e. The highest BCUT2D eigenvalue weighted by Gasteiger charge is 2.44. The van der Waals surface area contributed by atoms with Crippen molar-refractivity contribution in [1.82, 2.24) is 34.9 Å². The Hall–Kier alpha value is -6.23. The van der Waals surface area contributed by atoms with Crippen LogP contribution < -0.4 is 31.1 Å². The summed E-state index contributed by atoms with van der Waals surface area (Å²) in [5, 5.41) is 5.99. The number of amides is 6. The maximum atomic E-state index is 13.5. The number of urea groups is 1. The Kier molecular flexibility index (Phi) is 11.0. The third-order valence-corrected chi connectivity index (χ3v) is 13.2. The van der Waals surface area contributed by atoms with E-state index in [1.54, 1.807) is 17.2 Å². The van der Waals surface area contributed by atoms with Gasteiger partial charge in [-0.05, 0) is 86.9 Å². The van der Waals surface area contributed by atoms with Crippen molar-refractivity contribution in [2.75, 3.05) is 99.1 Å². The van der Waals surface area contributed by atoms with Gasteiger partial charge in [0.2, 0.25) is 5.91 Å². The molecule has 6 aliphatic heterocycles. The summed E-state index contributed by atoms with van der Waals surface area (Å²) in [5.74, 6) is -0.439. The number of imide groups is 1. The molecule has 0 bridgehead atoms. The van der Waals surface area contributed by atoms with Gasteiger partial charge in [0.25, 0.3) is 17.7 Å². The van der Waals surface area contributed by atoms with Crippen molar-refractivity contribution in [2.24, 2.45) is 11.7 Å². The van der Waals surface area contributed by atoms with Crippen molar-refractivity contribution in [3.8, 4) is 0 Å². The molecule has 0 saturated carbocycles. The van der Waals surface area contributed by atoms with Crippen molar-refractivity contribution >= 4 is 58.4 Å². The molecule has 4 N–H and O–H groups in total. The normalized spacial score (nSPS) is 23.8. The molecular formula is C44H54N12O5. The summed E-state index contributed by atoms with van der Waals surface area (Å²) < 4.78 is 0. The highest BCUT2D eigenvalue weighted by molar-refractivity contribution is 6.23. The third kappa shape index (κ3) is 8.05. The van der Waals surface area contributed by atoms with Gasteiger partial charge in [-0.1, -0.05) is 6.58 Å². The lowest BCUT2D eigenvalue weighted by molar-refractivity contribution is -0.125. The van der Waals surface area contributed by atoms with Crippen molar-refractivity contribution in [1.29, 1.82) is 0 Å². The molecule has 6 aliphatic rings. The SMILES string of the molecule is C=C1CCC(N2C(=O)c3ccc(N4CCC[C@H](CN5CCN(c6ccc(Nc7nc(N8CCC[C@@H](N9CCN(C)C9=O)C8)cnc7C(N)=O)cc6)CC5)C4)cc3C2=O)C(=O)N1. The standard InChI is InChI=1S/C44H54N12O5/c1-28-7-14-36(41(58)47-28)56-42(59)34-13-12-32(23-35(34)43(56)60)53-15-3-5-29(26-53)25-51-18-20-52(21-19-51)31-10-8-30(9-11-31)48-40-38(39(45)57)46-24-37(49-40)54-16-4-6-33(27-54)55-22-17-50(2)44(55)61/h8-13,23-24,29,33,36H,1,3-7,14-22,25-27H2,2H3,(H2,45,57)(H,47,58)(H,48,49)/t29-,33-,36?/m1/s1. The Morgan fingerprint density at radius 1 is 0.836 bits per heavy atom. The summed E-state index contributed by atoms with van der Waals surface area (Å²) in [7, 11) is 1.83. The number of hydrogen-bond donors (Lipinski definition) is 3. The van der Waals surface area contributed by atoms with Crippen LogP contribution in [0.2, 0.25) is 0 Å². The van der Waals surface area contributed by atoms with E-state index in [-0.39, 0.29) is 23.7 Å². The lowest BCUT2D eigenvalue weighted by Crippen LogP contribution is -2.51. The van der Waals surface area contributed by atoms with Gasteiger partial charge >= 0.3 is 6.03 Å². The lowest BCUT2D eigenvalue weighted by atomic mass is 9.96. The second-order valence-electron chi connectivity index (χ2n) is 17.2. The number of piperazine rings is 1. The molecule has 0 aliphatic carbocycles. The van der Waals surface area contributed by atoms with E-state index in [1.807, 2.05) is 36.2 Å². The van der Waals surface area contributed by atoms with E-state index in [0.29, 0.717) is 53.8 Å². The zero-order valence-corrected chi connectivity index (χ0v) is 34.7. The molecule has 17 nitrogen and oxygen atoms in total. The van der Waals surface area contributed by atoms with Crippen LogP contribution in [0.5, 0.6) is 0 Å². The van der Waals surface area contributed by atoms with Crippen molar-refractivity contribution in [3.63, 3.8) is 0 Å². The fourth-order valence-corrected chi connectivity index (χ4v) is 9.85. The number of benzene rings is 2. The molecule has 3 aromatic rings. The Morgan fingerprint density at radius 3 is 2.31 bits per heavy atom. The largest absolute Gasteiger partial charge is 0.371 e. The molecule has 6 amide bonds. The van der Waals surface area contributed by atoms with Crippen molar-refractivity contribution < 1.29 is 24.0 Å². The van der Waals surface area contributed by atoms with Crippen molar-refractivity contribution in [2.45, 2.75) is 50.6 Å². The molecule has 1 aromatic heterocycles. The molecule has 320 valence electrons. The van der Waals surface area contributed by atoms with Crippen LogP contribution in [-0.4, -0.2) is 150 Å². The topological polar surface area (TPSA) is 184 Å². The monoisotopic (exact) mass is 830 g/mol. The van der Waals surface area contributed by atoms with Gasteiger partial charge in [0.15, 0.2) is 11.5 Å². The minimum atomic E-state index is -0.822. The molecule has 9 rings (SSSR count). The summed E-state index contributed by atoms with van der Waals surface area (Å²) in [6.07, 6.45) is 6.53. The predicted octanol–water partition coefficient (Wildman–Crippen LogP) is 3.08. The van der Waals surface area contributed by atoms with E-state index in [4.69, 9.17) is 10.7 Å². The minimum absolute atomic E-state index is 0.0606. The van der Waals surface area contributed by atoms with Gasteiger partial charge in [0.1, 0.15) is 11.9 Å². The molecule has 2 aromatic carbocycles. The molecule has 0 radical (unpaired) electrons. The van der Waals surface area contributed by atoms with Crippen molar-refractivity contribution in [3.05, 3.63) is 77.8 Å². The maximum Gasteiger partial charge on any atom is 0.320 e. The fourth-order valence-electron chi connectivity index (χ4n) is 9.85. The Bertz CT molecular complexity index is 2240. The summed E-state index contributed by atoms with van der Waals surface area (Å²) in [6.45, 7) is 13.1. The highest BCUT2D eigenvalue weighted by Crippen LogP contribution is 2.34. The maximum absolute atomic E-state index is 13.5. The second kappa shape index (κ2) is 16.7. The van der Waals surface area contributed by atoms with E-state index in [9.17, 15) is 24.0 Å². The summed E-state index contributed by atoms with van der Waals surface area (Å²) in [4.78, 5) is 88.0. The van der Waals surface area contributed by atoms with Gasteiger partial charge in [-0.25, -0.2) is 14.8 Å². The van der Waals surface area contributed by atoms with E-state index < -0.39 is 23.8 Å². The third-order valence-electron chi connectivity index (χ3n) is 13.2. The number of hydrogen-bond acceptors (Lipinski definition) is 12. The van der Waals surface area contributed by atoms with Gasteiger partial charge in [0, 0.05) is 102 Å². The molecule has 5 saturated heterocycles. The number of primary amides is 1. The van der Waals surface area contributed by atoms with Gasteiger partial charge in [-0.15, -0.1) is 0 Å². The predicted molar refractivity (Wildman–Crippen MR) is 231 cm³/mol. The number of piperidine rings is 3. The number of nitrogens with zero attached hydrogens (tertiary/aromatic N) is 9. The summed E-state index contributed by atoms with van der Waals surface area (Å²) in [6, 6.07) is 12.9. The van der Waals surface area contributed by atoms with Gasteiger partial charge in [-0.2, -0.15) is 0 Å². The van der Waals surface area contributed by atoms with Crippen LogP contribution in [0.1, 0.15) is 69.7 Å². The average molecular weight is 831 g/mol. The number of carbonyl (C=O) groups is 5. The Balaban J connectivity index is 0.781. The van der Waals surface area contributed by atoms with Crippen LogP contribution in [0.4, 0.5) is 33.5 Å². The Morgan fingerprint density at radius 2 is 1.57 bits per heavy atom. The first-order valence-corrected chi connectivity index (χ1v) is 21.5. The molecule has 0 spiro atoms. The summed E-state index contributed by atoms with van der Waals surface area (Å²) in [5.41, 5.74) is 9.93. The first kappa shape index (κ1) is 40.2. The fraction of sp³-hybridized carbons (Fsp3) is 0.477. The number of rotatable bonds is 10. The highest BCUT2D eigenvalue weighted by atomic mass is 16.2. The molecule has 61 heavy (non-hydrogen) atoms. The number of nitrogens with two attached hydrogens (primary N) is 1. The van der Waals surface area contributed by atoms with Gasteiger partial charge in [-0.3, -0.25) is 29.0 Å². The number of likely N-dealkylation sites (N-methyl/N-ethyl adjacent to an activating group) is 1. The van der Waals surface area contributed by atoms with E-state index in [0.717, 1.165) is 113 Å². The first-order valence-electron chi connectivity index (χ1n) is 21.5. The molecular weight excluding hydrogens is 777 g/mol. The zero-order chi connectivity index (χ0) is 42.4. The summed E-state index contributed by atoms with van der Waals surface area (Å²) >= 11 is 0. The van der Waals surface area contributed by atoms with E-state index in [1.165, 1.54) is 0 Å². The molecule has 5 fully saturated rings. The van der Waals surface area contributed by atoms with E-state index in [2.05, 4.69) is 53.9 Å². The number of nitrogens with one attached hydrogen (secondary N) is 2. The van der Waals surface area contributed by atoms with Crippen LogP contribution >= 0.6 is 0 Å². The van der Waals surface area contributed by atoms with Crippen LogP contribution in [0.25, 0.3) is 0 Å². The van der Waals surface area contributed by atoms with Crippen LogP contribution in [-0.2, 0) is 4.79 Å². The Labute approximate surface area is 355 Å². The molecule has 1 unspecified atom stereocenters. The number of anilines is 5. The number of aromatic nitrogens is 2. The zero-order valence-electron chi connectivity index (χ0n) is 34.7. The van der Waals surface area contributed by atoms with E-state index >= 15 is 0 Å². The van der Waals surface area contributed by atoms with Crippen LogP contribution in [0.15, 0.2) is 60.9 Å². The minimum Gasteiger partial charge on any atom is -0.371 e. The quantitative estimate of drug-likeness (QED) is 0.255. The lowest BCUT2D eigenvalue weighted by Gasteiger charge is -2.40. The number of fused-ring (bicyclic) bond motifs is 1. The average Bonchev–Trinajstić information content (AvgIpc) is 3.73. The molecule has 3 atom stereocenters. The molecule has 17 heteroatoms.